The van der Waals surface area contributed by atoms with E-state index < -0.39 is 9.84 Å². The zero-order chi connectivity index (χ0) is 14.1. The fraction of sp³-hybridized carbons (Fsp3) is 0.636. The Morgan fingerprint density at radius 3 is 2.33 bits per heavy atom. The molecule has 0 saturated carbocycles. The fourth-order valence-corrected chi connectivity index (χ4v) is 3.95. The molecule has 102 valence electrons. The van der Waals surface area contributed by atoms with Crippen molar-refractivity contribution >= 4 is 38.4 Å². The quantitative estimate of drug-likeness (QED) is 0.861. The van der Waals surface area contributed by atoms with Crippen molar-refractivity contribution < 1.29 is 8.42 Å². The van der Waals surface area contributed by atoms with Crippen molar-refractivity contribution in [3.8, 4) is 0 Å². The van der Waals surface area contributed by atoms with Gasteiger partial charge in [0.15, 0.2) is 9.84 Å². The molecular formula is C11H18N2O2S3. The molecule has 0 aromatic carbocycles. The lowest BCUT2D eigenvalue weighted by atomic mass is 9.91. The maximum atomic E-state index is 11.6. The molecule has 0 saturated heterocycles. The summed E-state index contributed by atoms with van der Waals surface area (Å²) >= 11 is 6.28. The van der Waals surface area contributed by atoms with Crippen LogP contribution in [0.2, 0.25) is 0 Å². The van der Waals surface area contributed by atoms with E-state index in [-0.39, 0.29) is 21.9 Å². The highest BCUT2D eigenvalue weighted by Gasteiger charge is 2.25. The number of hydrogen-bond donors (Lipinski definition) is 1. The van der Waals surface area contributed by atoms with Gasteiger partial charge in [-0.25, -0.2) is 13.4 Å². The average molecular weight is 306 g/mol. The Hall–Kier alpha value is -0.530. The fourth-order valence-electron chi connectivity index (χ4n) is 1.39. The Balaban J connectivity index is 3.24. The summed E-state index contributed by atoms with van der Waals surface area (Å²) in [5.41, 5.74) is 6.25. The van der Waals surface area contributed by atoms with Crippen LogP contribution in [0.4, 0.5) is 0 Å². The van der Waals surface area contributed by atoms with Gasteiger partial charge in [0.05, 0.1) is 10.6 Å². The van der Waals surface area contributed by atoms with Crippen molar-refractivity contribution in [3.63, 3.8) is 0 Å². The van der Waals surface area contributed by atoms with Crippen molar-refractivity contribution in [1.29, 1.82) is 0 Å². The van der Waals surface area contributed by atoms with Gasteiger partial charge in [0.25, 0.3) is 0 Å². The van der Waals surface area contributed by atoms with Gasteiger partial charge in [0, 0.05) is 11.2 Å². The van der Waals surface area contributed by atoms with Crippen LogP contribution >= 0.6 is 23.6 Å². The number of sulfone groups is 1. The first kappa shape index (κ1) is 15.5. The zero-order valence-electron chi connectivity index (χ0n) is 11.0. The molecule has 0 atom stereocenters. The van der Waals surface area contributed by atoms with E-state index in [0.717, 1.165) is 10.6 Å². The van der Waals surface area contributed by atoms with Gasteiger partial charge in [0.1, 0.15) is 15.7 Å². The summed E-state index contributed by atoms with van der Waals surface area (Å²) in [4.78, 5) is 5.40. The van der Waals surface area contributed by atoms with E-state index in [9.17, 15) is 8.42 Å². The van der Waals surface area contributed by atoms with E-state index >= 15 is 0 Å². The van der Waals surface area contributed by atoms with Crippen LogP contribution in [0.15, 0.2) is 0 Å². The monoisotopic (exact) mass is 306 g/mol. The summed E-state index contributed by atoms with van der Waals surface area (Å²) in [6, 6.07) is 0. The minimum Gasteiger partial charge on any atom is -0.389 e. The van der Waals surface area contributed by atoms with E-state index in [1.807, 2.05) is 20.8 Å². The predicted molar refractivity (Wildman–Crippen MR) is 79.9 cm³/mol. The Kier molecular flexibility index (Phi) is 4.51. The predicted octanol–water partition coefficient (Wildman–Crippen LogP) is 2.01. The molecule has 7 heteroatoms. The largest absolute Gasteiger partial charge is 0.389 e. The summed E-state index contributed by atoms with van der Waals surface area (Å²) in [5, 5.41) is 0.560. The number of hydrogen-bond acceptors (Lipinski definition) is 5. The number of nitrogens with zero attached hydrogens (tertiary/aromatic N) is 1. The first-order valence-corrected chi connectivity index (χ1v) is 8.62. The molecule has 2 N–H and O–H groups in total. The first-order chi connectivity index (χ1) is 8.07. The highest BCUT2D eigenvalue weighted by molar-refractivity contribution is 7.90. The molecule has 1 aromatic rings. The van der Waals surface area contributed by atoms with Crippen LogP contribution in [0.25, 0.3) is 0 Å². The number of thiocarbonyl (C=S) groups is 1. The second-order valence-electron chi connectivity index (χ2n) is 5.08. The zero-order valence-corrected chi connectivity index (χ0v) is 13.4. The molecule has 1 heterocycles. The highest BCUT2D eigenvalue weighted by Crippen LogP contribution is 2.30. The van der Waals surface area contributed by atoms with Gasteiger partial charge >= 0.3 is 0 Å². The maximum absolute atomic E-state index is 11.6. The smallest absolute Gasteiger partial charge is 0.156 e. The third-order valence-electron chi connectivity index (χ3n) is 2.39. The minimum absolute atomic E-state index is 0.0418. The van der Waals surface area contributed by atoms with Gasteiger partial charge in [-0.2, -0.15) is 0 Å². The van der Waals surface area contributed by atoms with Crippen molar-refractivity contribution in [2.75, 3.05) is 5.75 Å². The third-order valence-corrected chi connectivity index (χ3v) is 5.59. The maximum Gasteiger partial charge on any atom is 0.156 e. The molecule has 0 unspecified atom stereocenters. The van der Waals surface area contributed by atoms with Crippen molar-refractivity contribution in [2.45, 2.75) is 38.9 Å². The van der Waals surface area contributed by atoms with E-state index in [4.69, 9.17) is 18.0 Å². The standard InChI is InChI=1S/C11H18N2O2S3/c1-5-18(14,15)6-7-13-9(11(2,3)4)8(17-7)10(12)16/h5-6H2,1-4H3,(H2,12,16). The van der Waals surface area contributed by atoms with Crippen LogP contribution in [0.5, 0.6) is 0 Å². The second-order valence-corrected chi connectivity index (χ2v) is 8.95. The van der Waals surface area contributed by atoms with E-state index in [1.165, 1.54) is 11.3 Å². The lowest BCUT2D eigenvalue weighted by molar-refractivity contribution is 0.569. The first-order valence-electron chi connectivity index (χ1n) is 5.57. The topological polar surface area (TPSA) is 73.0 Å². The summed E-state index contributed by atoms with van der Waals surface area (Å²) < 4.78 is 23.2. The number of nitrogens with two attached hydrogens (primary N) is 1. The Morgan fingerprint density at radius 1 is 1.44 bits per heavy atom. The molecular weight excluding hydrogens is 288 g/mol. The van der Waals surface area contributed by atoms with Crippen LogP contribution in [0.1, 0.15) is 43.3 Å². The Bertz CT molecular complexity index is 553. The van der Waals surface area contributed by atoms with Gasteiger partial charge in [-0.05, 0) is 0 Å². The molecule has 0 fully saturated rings. The van der Waals surface area contributed by atoms with E-state index in [2.05, 4.69) is 4.98 Å². The molecule has 4 nitrogen and oxygen atoms in total. The van der Waals surface area contributed by atoms with Crippen molar-refractivity contribution in [2.24, 2.45) is 5.73 Å². The molecule has 0 spiro atoms. The summed E-state index contributed by atoms with van der Waals surface area (Å²) in [6.45, 7) is 7.63. The van der Waals surface area contributed by atoms with Gasteiger partial charge in [-0.3, -0.25) is 0 Å². The SMILES string of the molecule is CCS(=O)(=O)Cc1nc(C(C)(C)C)c(C(N)=S)s1. The van der Waals surface area contributed by atoms with Crippen LogP contribution in [-0.2, 0) is 21.0 Å². The summed E-state index contributed by atoms with van der Waals surface area (Å²) in [6.07, 6.45) is 0. The number of thiazole rings is 1. The van der Waals surface area contributed by atoms with E-state index in [0.29, 0.717) is 5.01 Å². The van der Waals surface area contributed by atoms with Crippen LogP contribution in [0, 0.1) is 0 Å². The molecule has 0 bridgehead atoms. The van der Waals surface area contributed by atoms with Gasteiger partial charge < -0.3 is 5.73 Å². The summed E-state index contributed by atoms with van der Waals surface area (Å²) in [7, 11) is -3.08. The van der Waals surface area contributed by atoms with Crippen LogP contribution in [0.3, 0.4) is 0 Å². The molecule has 0 aliphatic rings. The molecule has 0 aliphatic heterocycles. The van der Waals surface area contributed by atoms with Crippen molar-refractivity contribution in [1.82, 2.24) is 4.98 Å². The Labute approximate surface area is 118 Å². The molecule has 1 aromatic heterocycles. The number of rotatable bonds is 4. The highest BCUT2D eigenvalue weighted by atomic mass is 32.2. The Morgan fingerprint density at radius 2 is 2.00 bits per heavy atom. The molecule has 1 rings (SSSR count). The molecule has 0 amide bonds. The molecule has 0 aliphatic carbocycles. The lowest BCUT2D eigenvalue weighted by Crippen LogP contribution is -2.19. The summed E-state index contributed by atoms with van der Waals surface area (Å²) in [5.74, 6) is 0.0691. The van der Waals surface area contributed by atoms with Crippen LogP contribution in [-0.4, -0.2) is 24.1 Å². The van der Waals surface area contributed by atoms with Gasteiger partial charge in [0.2, 0.25) is 0 Å². The van der Waals surface area contributed by atoms with Crippen LogP contribution < -0.4 is 5.73 Å². The van der Waals surface area contributed by atoms with E-state index in [1.54, 1.807) is 6.92 Å². The average Bonchev–Trinajstić information content (AvgIpc) is 2.60. The third kappa shape index (κ3) is 3.73. The second kappa shape index (κ2) is 5.22. The van der Waals surface area contributed by atoms with Crippen molar-refractivity contribution in [3.05, 3.63) is 15.6 Å². The van der Waals surface area contributed by atoms with Gasteiger partial charge in [-0.1, -0.05) is 39.9 Å². The molecule has 0 radical (unpaired) electrons. The van der Waals surface area contributed by atoms with Gasteiger partial charge in [-0.15, -0.1) is 11.3 Å². The normalized spacial score (nSPS) is 12.7. The molecule has 18 heavy (non-hydrogen) atoms. The minimum atomic E-state index is -3.08. The lowest BCUT2D eigenvalue weighted by Gasteiger charge is -2.16. The number of aromatic nitrogens is 1.